The molecule has 1 N–H and O–H groups in total. The fraction of sp³-hybridized carbons (Fsp3) is 0.333. The molecule has 0 saturated carbocycles. The first kappa shape index (κ1) is 12.4. The van der Waals surface area contributed by atoms with Gasteiger partial charge in [-0.05, 0) is 19.2 Å². The van der Waals surface area contributed by atoms with Gasteiger partial charge in [0.05, 0.1) is 18.2 Å². The van der Waals surface area contributed by atoms with Crippen molar-refractivity contribution in [2.24, 2.45) is 0 Å². The molecule has 0 radical (unpaired) electrons. The van der Waals surface area contributed by atoms with Gasteiger partial charge in [0.2, 0.25) is 0 Å². The molecule has 0 aliphatic carbocycles. The zero-order valence-corrected chi connectivity index (χ0v) is 10.4. The van der Waals surface area contributed by atoms with E-state index in [-0.39, 0.29) is 10.8 Å². The molecule has 0 atom stereocenters. The van der Waals surface area contributed by atoms with Crippen molar-refractivity contribution in [3.63, 3.8) is 0 Å². The van der Waals surface area contributed by atoms with Crippen molar-refractivity contribution in [3.05, 3.63) is 34.3 Å². The zero-order valence-electron chi connectivity index (χ0n) is 9.64. The van der Waals surface area contributed by atoms with Gasteiger partial charge in [0.1, 0.15) is 11.6 Å². The number of benzene rings is 1. The summed E-state index contributed by atoms with van der Waals surface area (Å²) in [4.78, 5) is 0. The third-order valence-corrected chi connectivity index (χ3v) is 2.80. The molecular weight excluding hydrogens is 245 g/mol. The third-order valence-electron chi connectivity index (χ3n) is 2.52. The van der Waals surface area contributed by atoms with Crippen LogP contribution in [-0.4, -0.2) is 14.2 Å². The topological polar surface area (TPSA) is 34.4 Å². The molecule has 0 fully saturated rings. The highest BCUT2D eigenvalue weighted by Crippen LogP contribution is 2.32. The Labute approximate surface area is 103 Å². The van der Waals surface area contributed by atoms with Gasteiger partial charge in [0.25, 0.3) is 0 Å². The number of ether oxygens (including phenoxy) is 1. The van der Waals surface area contributed by atoms with E-state index in [9.17, 15) is 4.39 Å². The van der Waals surface area contributed by atoms with Crippen molar-refractivity contribution in [1.82, 2.24) is 5.32 Å². The Kier molecular flexibility index (Phi) is 3.66. The Hall–Kier alpha value is -1.10. The van der Waals surface area contributed by atoms with E-state index < -0.39 is 0 Å². The van der Waals surface area contributed by atoms with E-state index in [1.54, 1.807) is 7.11 Å². The second-order valence-electron chi connectivity index (χ2n) is 3.73. The first-order chi connectivity index (χ1) is 8.17. The van der Waals surface area contributed by atoms with Crippen LogP contribution in [0.5, 0.6) is 0 Å². The van der Waals surface area contributed by atoms with Crippen LogP contribution in [0.1, 0.15) is 11.3 Å². The molecule has 0 spiro atoms. The Balaban J connectivity index is 2.66. The minimum atomic E-state index is -0.378. The molecule has 92 valence electrons. The SMILES string of the molecule is CNCc1oc2c(Cl)cc(F)cc2c1COC. The van der Waals surface area contributed by atoms with Gasteiger partial charge in [0, 0.05) is 18.1 Å². The Morgan fingerprint density at radius 2 is 2.24 bits per heavy atom. The lowest BCUT2D eigenvalue weighted by Gasteiger charge is -2.00. The first-order valence-corrected chi connectivity index (χ1v) is 5.58. The number of nitrogens with one attached hydrogen (secondary N) is 1. The molecule has 0 unspecified atom stereocenters. The van der Waals surface area contributed by atoms with Crippen LogP contribution in [0, 0.1) is 5.82 Å². The predicted octanol–water partition coefficient (Wildman–Crippen LogP) is 3.09. The molecule has 1 aromatic carbocycles. The average Bonchev–Trinajstić information content (AvgIpc) is 2.59. The second-order valence-corrected chi connectivity index (χ2v) is 4.14. The fourth-order valence-corrected chi connectivity index (χ4v) is 2.07. The molecule has 0 aliphatic heterocycles. The van der Waals surface area contributed by atoms with E-state index in [0.717, 1.165) is 11.3 Å². The van der Waals surface area contributed by atoms with E-state index in [2.05, 4.69) is 5.32 Å². The first-order valence-electron chi connectivity index (χ1n) is 5.20. The van der Waals surface area contributed by atoms with Gasteiger partial charge in [-0.3, -0.25) is 0 Å². The summed E-state index contributed by atoms with van der Waals surface area (Å²) in [6.07, 6.45) is 0. The quantitative estimate of drug-likeness (QED) is 0.914. The molecule has 2 rings (SSSR count). The molecule has 5 heteroatoms. The highest BCUT2D eigenvalue weighted by Gasteiger charge is 2.16. The summed E-state index contributed by atoms with van der Waals surface area (Å²) in [5, 5.41) is 3.94. The number of methoxy groups -OCH3 is 1. The van der Waals surface area contributed by atoms with Gasteiger partial charge < -0.3 is 14.5 Å². The van der Waals surface area contributed by atoms with Crippen LogP contribution in [0.25, 0.3) is 11.0 Å². The lowest BCUT2D eigenvalue weighted by atomic mass is 10.1. The molecule has 2 aromatic rings. The maximum absolute atomic E-state index is 13.3. The van der Waals surface area contributed by atoms with Crippen molar-refractivity contribution >= 4 is 22.6 Å². The highest BCUT2D eigenvalue weighted by molar-refractivity contribution is 6.34. The number of furan rings is 1. The van der Waals surface area contributed by atoms with Crippen LogP contribution >= 0.6 is 11.6 Å². The van der Waals surface area contributed by atoms with Crippen molar-refractivity contribution in [2.75, 3.05) is 14.2 Å². The van der Waals surface area contributed by atoms with Gasteiger partial charge in [-0.25, -0.2) is 4.39 Å². The number of fused-ring (bicyclic) bond motifs is 1. The summed E-state index contributed by atoms with van der Waals surface area (Å²) < 4.78 is 24.1. The van der Waals surface area contributed by atoms with Crippen molar-refractivity contribution < 1.29 is 13.5 Å². The number of hydrogen-bond donors (Lipinski definition) is 1. The summed E-state index contributed by atoms with van der Waals surface area (Å²) in [6.45, 7) is 0.912. The van der Waals surface area contributed by atoms with E-state index >= 15 is 0 Å². The summed E-state index contributed by atoms with van der Waals surface area (Å²) in [7, 11) is 3.40. The summed E-state index contributed by atoms with van der Waals surface area (Å²) in [5.74, 6) is 0.341. The molecule has 1 aromatic heterocycles. The minimum absolute atomic E-state index is 0.278. The van der Waals surface area contributed by atoms with Crippen LogP contribution in [-0.2, 0) is 17.9 Å². The fourth-order valence-electron chi connectivity index (χ4n) is 1.83. The smallest absolute Gasteiger partial charge is 0.153 e. The van der Waals surface area contributed by atoms with Crippen LogP contribution in [0.3, 0.4) is 0 Å². The van der Waals surface area contributed by atoms with Gasteiger partial charge in [-0.2, -0.15) is 0 Å². The maximum atomic E-state index is 13.3. The van der Waals surface area contributed by atoms with Crippen LogP contribution in [0.15, 0.2) is 16.5 Å². The lowest BCUT2D eigenvalue weighted by molar-refractivity contribution is 0.183. The molecule has 0 aliphatic rings. The van der Waals surface area contributed by atoms with Crippen molar-refractivity contribution in [2.45, 2.75) is 13.2 Å². The normalized spacial score (nSPS) is 11.3. The average molecular weight is 258 g/mol. The monoisotopic (exact) mass is 257 g/mol. The van der Waals surface area contributed by atoms with E-state index in [4.69, 9.17) is 20.8 Å². The Morgan fingerprint density at radius 1 is 1.47 bits per heavy atom. The summed E-state index contributed by atoms with van der Waals surface area (Å²) >= 11 is 5.95. The molecule has 0 saturated heterocycles. The van der Waals surface area contributed by atoms with E-state index in [0.29, 0.717) is 24.1 Å². The number of halogens is 2. The maximum Gasteiger partial charge on any atom is 0.153 e. The van der Waals surface area contributed by atoms with Crippen molar-refractivity contribution in [3.8, 4) is 0 Å². The molecule has 0 bridgehead atoms. The molecule has 1 heterocycles. The number of hydrogen-bond acceptors (Lipinski definition) is 3. The summed E-state index contributed by atoms with van der Waals surface area (Å²) in [5.41, 5.74) is 1.34. The highest BCUT2D eigenvalue weighted by atomic mass is 35.5. The Bertz CT molecular complexity index is 539. The van der Waals surface area contributed by atoms with E-state index in [1.165, 1.54) is 12.1 Å². The summed E-state index contributed by atoms with van der Waals surface area (Å²) in [6, 6.07) is 2.66. The number of rotatable bonds is 4. The van der Waals surface area contributed by atoms with Crippen LogP contribution < -0.4 is 5.32 Å². The molecule has 0 amide bonds. The molecule has 3 nitrogen and oxygen atoms in total. The zero-order chi connectivity index (χ0) is 12.4. The standard InChI is InChI=1S/C12H13ClFNO2/c1-15-5-11-9(6-16-2)8-3-7(14)4-10(13)12(8)17-11/h3-4,15H,5-6H2,1-2H3. The molecular formula is C12H13ClFNO2. The van der Waals surface area contributed by atoms with Crippen LogP contribution in [0.4, 0.5) is 4.39 Å². The van der Waals surface area contributed by atoms with Gasteiger partial charge in [0.15, 0.2) is 5.58 Å². The lowest BCUT2D eigenvalue weighted by Crippen LogP contribution is -2.06. The van der Waals surface area contributed by atoms with Crippen LogP contribution in [0.2, 0.25) is 5.02 Å². The minimum Gasteiger partial charge on any atom is -0.458 e. The van der Waals surface area contributed by atoms with Gasteiger partial charge in [-0.1, -0.05) is 11.6 Å². The van der Waals surface area contributed by atoms with Crippen molar-refractivity contribution in [1.29, 1.82) is 0 Å². The third kappa shape index (κ3) is 2.29. The predicted molar refractivity (Wildman–Crippen MR) is 64.7 cm³/mol. The van der Waals surface area contributed by atoms with Gasteiger partial charge >= 0.3 is 0 Å². The largest absolute Gasteiger partial charge is 0.458 e. The molecule has 17 heavy (non-hydrogen) atoms. The van der Waals surface area contributed by atoms with Gasteiger partial charge in [-0.15, -0.1) is 0 Å². The second kappa shape index (κ2) is 5.04. The van der Waals surface area contributed by atoms with E-state index in [1.807, 2.05) is 7.05 Å². The Morgan fingerprint density at radius 3 is 2.88 bits per heavy atom.